The van der Waals surface area contributed by atoms with Gasteiger partial charge < -0.3 is 11.1 Å². The van der Waals surface area contributed by atoms with Crippen LogP contribution in [0.4, 0.5) is 10.1 Å². The number of aromatic nitrogens is 1. The van der Waals surface area contributed by atoms with Crippen LogP contribution in [0.15, 0.2) is 28.6 Å². The Labute approximate surface area is 168 Å². The lowest BCUT2D eigenvalue weighted by Crippen LogP contribution is -2.52. The van der Waals surface area contributed by atoms with Gasteiger partial charge in [-0.1, -0.05) is 0 Å². The van der Waals surface area contributed by atoms with Crippen molar-refractivity contribution in [3.63, 3.8) is 0 Å². The first-order valence-corrected chi connectivity index (χ1v) is 11.1. The number of nitrogens with zero attached hydrogens (tertiary/aromatic N) is 2. The van der Waals surface area contributed by atoms with Crippen LogP contribution in [-0.4, -0.2) is 36.3 Å². The van der Waals surface area contributed by atoms with E-state index in [0.717, 1.165) is 5.01 Å². The summed E-state index contributed by atoms with van der Waals surface area (Å²) in [5.74, 6) is -1.11. The summed E-state index contributed by atoms with van der Waals surface area (Å²) in [6.07, 6.45) is 0. The second-order valence-electron chi connectivity index (χ2n) is 7.49. The zero-order valence-corrected chi connectivity index (χ0v) is 17.6. The highest BCUT2D eigenvalue weighted by Gasteiger charge is 2.49. The van der Waals surface area contributed by atoms with Crippen molar-refractivity contribution in [2.45, 2.75) is 38.0 Å². The van der Waals surface area contributed by atoms with Crippen LogP contribution in [-0.2, 0) is 5.54 Å². The lowest BCUT2D eigenvalue weighted by atomic mass is 9.92. The van der Waals surface area contributed by atoms with E-state index in [2.05, 4.69) is 15.3 Å². The number of halogens is 1. The maximum atomic E-state index is 14.6. The Kier molecular flexibility index (Phi) is 5.03. The van der Waals surface area contributed by atoms with E-state index in [-0.39, 0.29) is 22.8 Å². The molecular formula is C18H23FN4O3S2. The molecule has 2 aromatic rings. The van der Waals surface area contributed by atoms with Crippen LogP contribution >= 0.6 is 21.9 Å². The minimum atomic E-state index is -3.18. The Hall–Kier alpha value is -2.01. The minimum Gasteiger partial charge on any atom is -0.386 e. The van der Waals surface area contributed by atoms with Crippen molar-refractivity contribution >= 4 is 39.4 Å². The summed E-state index contributed by atoms with van der Waals surface area (Å²) in [7, 11) is -3.18. The standard InChI is InChI=1S/C18H23FN4O3S2/c1-10-21-14(8-27-10)15(24)22-11-5-6-13(19)12(7-11)18(4)9-28(25,26)17(2,3)16(20)23-18/h5-8,25-26H,9H2,1-4H3,(H2,20,23)(H,22,24)/t18-/m0/s1. The molecular weight excluding hydrogens is 403 g/mol. The van der Waals surface area contributed by atoms with Crippen molar-refractivity contribution in [3.8, 4) is 0 Å². The largest absolute Gasteiger partial charge is 0.386 e. The van der Waals surface area contributed by atoms with Gasteiger partial charge in [-0.3, -0.25) is 18.9 Å². The highest BCUT2D eigenvalue weighted by atomic mass is 32.3. The molecule has 0 saturated carbocycles. The molecule has 0 bridgehead atoms. The molecule has 2 heterocycles. The number of aryl methyl sites for hydroxylation is 1. The van der Waals surface area contributed by atoms with Crippen LogP contribution in [0, 0.1) is 12.7 Å². The SMILES string of the molecule is Cc1nc(C(=O)Nc2ccc(F)c([C@]3(C)CS(O)(O)C(C)(C)C(N)=N3)c2)cs1. The smallest absolute Gasteiger partial charge is 0.275 e. The van der Waals surface area contributed by atoms with Crippen LogP contribution in [0.3, 0.4) is 0 Å². The van der Waals surface area contributed by atoms with E-state index in [0.29, 0.717) is 5.69 Å². The van der Waals surface area contributed by atoms with Gasteiger partial charge in [-0.05, 0) is 45.9 Å². The highest BCUT2D eigenvalue weighted by Crippen LogP contribution is 2.59. The summed E-state index contributed by atoms with van der Waals surface area (Å²) in [5.41, 5.74) is 5.47. The number of carbonyl (C=O) groups excluding carboxylic acids is 1. The molecule has 1 aliphatic rings. The van der Waals surface area contributed by atoms with Gasteiger partial charge in [0.1, 0.15) is 27.6 Å². The molecule has 0 fully saturated rings. The molecule has 5 N–H and O–H groups in total. The Morgan fingerprint density at radius 1 is 1.36 bits per heavy atom. The lowest BCUT2D eigenvalue weighted by Gasteiger charge is -2.53. The number of nitrogens with one attached hydrogen (secondary N) is 1. The molecule has 0 spiro atoms. The molecule has 1 amide bonds. The average molecular weight is 427 g/mol. The third-order valence-corrected chi connectivity index (χ3v) is 8.52. The predicted octanol–water partition coefficient (Wildman–Crippen LogP) is 3.96. The number of amidine groups is 1. The van der Waals surface area contributed by atoms with Gasteiger partial charge in [-0.2, -0.15) is 10.6 Å². The number of thiazole rings is 1. The monoisotopic (exact) mass is 426 g/mol. The number of benzene rings is 1. The van der Waals surface area contributed by atoms with Crippen LogP contribution in [0.1, 0.15) is 41.8 Å². The van der Waals surface area contributed by atoms with E-state index in [1.807, 2.05) is 0 Å². The Balaban J connectivity index is 1.98. The maximum absolute atomic E-state index is 14.6. The van der Waals surface area contributed by atoms with E-state index >= 15 is 0 Å². The van der Waals surface area contributed by atoms with Gasteiger partial charge in [0.15, 0.2) is 0 Å². The molecule has 3 rings (SSSR count). The van der Waals surface area contributed by atoms with Crippen molar-refractivity contribution < 1.29 is 18.3 Å². The van der Waals surface area contributed by atoms with E-state index in [1.54, 1.807) is 33.1 Å². The zero-order chi connectivity index (χ0) is 20.9. The quantitative estimate of drug-likeness (QED) is 0.592. The van der Waals surface area contributed by atoms with Crippen molar-refractivity contribution in [3.05, 3.63) is 45.7 Å². The normalized spacial score (nSPS) is 24.3. The molecule has 0 unspecified atom stereocenters. The molecule has 0 aliphatic carbocycles. The molecule has 10 heteroatoms. The molecule has 1 aromatic heterocycles. The summed E-state index contributed by atoms with van der Waals surface area (Å²) in [5, 5.41) is 5.08. The number of aliphatic imine (C=N–C) groups is 1. The van der Waals surface area contributed by atoms with Gasteiger partial charge in [0, 0.05) is 16.6 Å². The summed E-state index contributed by atoms with van der Waals surface area (Å²) in [6, 6.07) is 4.08. The molecule has 0 saturated heterocycles. The van der Waals surface area contributed by atoms with Crippen LogP contribution in [0.5, 0.6) is 0 Å². The number of hydrogen-bond acceptors (Lipinski definition) is 7. The van der Waals surface area contributed by atoms with E-state index in [9.17, 15) is 18.3 Å². The second-order valence-corrected chi connectivity index (χ2v) is 11.2. The number of amides is 1. The fourth-order valence-corrected chi connectivity index (χ4v) is 5.33. The van der Waals surface area contributed by atoms with Crippen molar-refractivity contribution in [2.75, 3.05) is 11.1 Å². The molecule has 1 aromatic carbocycles. The average Bonchev–Trinajstić information content (AvgIpc) is 3.01. The van der Waals surface area contributed by atoms with Crippen molar-refractivity contribution in [1.29, 1.82) is 0 Å². The summed E-state index contributed by atoms with van der Waals surface area (Å²) in [4.78, 5) is 20.9. The van der Waals surface area contributed by atoms with Gasteiger partial charge in [0.05, 0.1) is 10.8 Å². The third kappa shape index (κ3) is 3.52. The van der Waals surface area contributed by atoms with Gasteiger partial charge in [0.2, 0.25) is 0 Å². The first-order chi connectivity index (χ1) is 12.9. The summed E-state index contributed by atoms with van der Waals surface area (Å²) < 4.78 is 34.8. The Morgan fingerprint density at radius 2 is 2.04 bits per heavy atom. The van der Waals surface area contributed by atoms with Crippen molar-refractivity contribution in [1.82, 2.24) is 4.98 Å². The Morgan fingerprint density at radius 3 is 2.61 bits per heavy atom. The predicted molar refractivity (Wildman–Crippen MR) is 112 cm³/mol. The first-order valence-electron chi connectivity index (χ1n) is 8.50. The fourth-order valence-electron chi connectivity index (χ4n) is 2.99. The molecule has 7 nitrogen and oxygen atoms in total. The zero-order valence-electron chi connectivity index (χ0n) is 16.0. The lowest BCUT2D eigenvalue weighted by molar-refractivity contribution is 0.102. The van der Waals surface area contributed by atoms with Crippen LogP contribution in [0.2, 0.25) is 0 Å². The molecule has 152 valence electrons. The maximum Gasteiger partial charge on any atom is 0.275 e. The second kappa shape index (κ2) is 6.80. The summed E-state index contributed by atoms with van der Waals surface area (Å²) >= 11 is 1.35. The van der Waals surface area contributed by atoms with E-state index < -0.39 is 32.6 Å². The van der Waals surface area contributed by atoms with Gasteiger partial charge >= 0.3 is 0 Å². The Bertz CT molecular complexity index is 973. The third-order valence-electron chi connectivity index (χ3n) is 4.94. The molecule has 1 atom stereocenters. The molecule has 28 heavy (non-hydrogen) atoms. The van der Waals surface area contributed by atoms with Crippen LogP contribution < -0.4 is 11.1 Å². The molecule has 1 aliphatic heterocycles. The molecule has 0 radical (unpaired) electrons. The van der Waals surface area contributed by atoms with Gasteiger partial charge in [0.25, 0.3) is 5.91 Å². The summed E-state index contributed by atoms with van der Waals surface area (Å²) in [6.45, 7) is 6.59. The minimum absolute atomic E-state index is 0.0491. The number of anilines is 1. The van der Waals surface area contributed by atoms with Crippen LogP contribution in [0.25, 0.3) is 0 Å². The number of hydrogen-bond donors (Lipinski definition) is 4. The van der Waals surface area contributed by atoms with Gasteiger partial charge in [-0.25, -0.2) is 9.37 Å². The number of nitrogens with two attached hydrogens (primary N) is 1. The first kappa shape index (κ1) is 20.7. The highest BCUT2D eigenvalue weighted by molar-refractivity contribution is 8.26. The van der Waals surface area contributed by atoms with Crippen molar-refractivity contribution in [2.24, 2.45) is 10.7 Å². The number of carbonyl (C=O) groups is 1. The topological polar surface area (TPSA) is 121 Å². The van der Waals surface area contributed by atoms with E-state index in [4.69, 9.17) is 5.73 Å². The number of rotatable bonds is 3. The van der Waals surface area contributed by atoms with Gasteiger partial charge in [-0.15, -0.1) is 11.3 Å². The fraction of sp³-hybridized carbons (Fsp3) is 0.389. The van der Waals surface area contributed by atoms with E-state index in [1.165, 1.54) is 29.5 Å².